The van der Waals surface area contributed by atoms with Gasteiger partial charge >= 0.3 is 5.97 Å². The van der Waals surface area contributed by atoms with E-state index in [2.05, 4.69) is 6.07 Å². The van der Waals surface area contributed by atoms with E-state index in [1.807, 2.05) is 55.5 Å². The summed E-state index contributed by atoms with van der Waals surface area (Å²) in [4.78, 5) is 42.5. The first kappa shape index (κ1) is 37.7. The molecule has 6 rings (SSSR count). The van der Waals surface area contributed by atoms with E-state index in [4.69, 9.17) is 30.5 Å². The van der Waals surface area contributed by atoms with Gasteiger partial charge in [-0.1, -0.05) is 41.9 Å². The summed E-state index contributed by atoms with van der Waals surface area (Å²) in [5.74, 6) is 0.286. The van der Waals surface area contributed by atoms with Crippen LogP contribution in [0.1, 0.15) is 80.6 Å². The van der Waals surface area contributed by atoms with E-state index in [1.165, 1.54) is 9.47 Å². The third-order valence-electron chi connectivity index (χ3n) is 10.6. The molecular weight excluding hydrogens is 694 g/mol. The van der Waals surface area contributed by atoms with Crippen LogP contribution in [0.5, 0.6) is 17.2 Å². The molecule has 0 spiro atoms. The molecule has 3 aromatic carbocycles. The minimum absolute atomic E-state index is 0.0729. The molecule has 4 aromatic rings. The van der Waals surface area contributed by atoms with Crippen LogP contribution in [0.2, 0.25) is 5.02 Å². The first-order chi connectivity index (χ1) is 25.7. The lowest BCUT2D eigenvalue weighted by molar-refractivity contribution is -0.150. The van der Waals surface area contributed by atoms with Gasteiger partial charge in [0.15, 0.2) is 11.5 Å². The molecule has 1 aromatic heterocycles. The molecule has 2 fully saturated rings. The fourth-order valence-electron chi connectivity index (χ4n) is 7.62. The Kier molecular flexibility index (Phi) is 11.9. The number of para-hydroxylation sites is 1. The van der Waals surface area contributed by atoms with Crippen molar-refractivity contribution in [3.8, 4) is 23.3 Å². The molecule has 0 unspecified atom stereocenters. The van der Waals surface area contributed by atoms with Gasteiger partial charge in [0.2, 0.25) is 0 Å². The van der Waals surface area contributed by atoms with Crippen LogP contribution in [-0.2, 0) is 22.0 Å². The summed E-state index contributed by atoms with van der Waals surface area (Å²) in [6.07, 6.45) is 6.87. The SMILES string of the molecule is CCN(C(=O)c1c(OCCCOC(=O)C2CCC(C#N)(c3ccc(OC)c(OC4CCCC4)c3)CC2)c2c(Cl)cccc2n(C)c1=O)c1ccccc1. The van der Waals surface area contributed by atoms with Gasteiger partial charge in [0.05, 0.1) is 59.8 Å². The van der Waals surface area contributed by atoms with Crippen molar-refractivity contribution in [2.24, 2.45) is 13.0 Å². The number of hydrogen-bond donors (Lipinski definition) is 0. The standard InChI is InChI=1S/C42H46ClN3O7/c1-4-46(30-12-6-5-7-13-30)40(48)37-38(36-32(43)16-10-17-33(36)45(2)39(37)47)51-24-11-25-52-41(49)28-20-22-42(27-44,23-21-28)29-18-19-34(50-3)35(26-29)53-31-14-8-9-15-31/h5-7,10,12-13,16-19,26,28,31H,4,8-9,11,14-15,20-25H2,1-3H3. The third-order valence-corrected chi connectivity index (χ3v) is 11.0. The van der Waals surface area contributed by atoms with E-state index >= 15 is 0 Å². The number of hydrogen-bond acceptors (Lipinski definition) is 8. The summed E-state index contributed by atoms with van der Waals surface area (Å²) in [7, 11) is 3.22. The van der Waals surface area contributed by atoms with Crippen LogP contribution in [0.3, 0.4) is 0 Å². The Bertz CT molecular complexity index is 2040. The van der Waals surface area contributed by atoms with Crippen molar-refractivity contribution in [2.75, 3.05) is 31.8 Å². The molecule has 53 heavy (non-hydrogen) atoms. The van der Waals surface area contributed by atoms with Crippen LogP contribution in [0.15, 0.2) is 71.5 Å². The second kappa shape index (κ2) is 16.8. The predicted molar refractivity (Wildman–Crippen MR) is 204 cm³/mol. The monoisotopic (exact) mass is 739 g/mol. The molecule has 2 saturated carbocycles. The summed E-state index contributed by atoms with van der Waals surface area (Å²) in [5.41, 5.74) is 0.707. The molecule has 278 valence electrons. The number of rotatable bonds is 13. The molecule has 0 atom stereocenters. The molecule has 2 aliphatic rings. The predicted octanol–water partition coefficient (Wildman–Crippen LogP) is 8.15. The molecule has 0 N–H and O–H groups in total. The number of carbonyl (C=O) groups excluding carboxylic acids is 2. The van der Waals surface area contributed by atoms with Crippen LogP contribution in [0, 0.1) is 17.2 Å². The highest BCUT2D eigenvalue weighted by Crippen LogP contribution is 2.44. The molecule has 1 heterocycles. The van der Waals surface area contributed by atoms with E-state index < -0.39 is 16.9 Å². The average Bonchev–Trinajstić information content (AvgIpc) is 3.70. The highest BCUT2D eigenvalue weighted by molar-refractivity contribution is 6.36. The highest BCUT2D eigenvalue weighted by Gasteiger charge is 2.40. The lowest BCUT2D eigenvalue weighted by Gasteiger charge is -2.34. The maximum Gasteiger partial charge on any atom is 0.308 e. The number of fused-ring (bicyclic) bond motifs is 1. The topological polar surface area (TPSA) is 120 Å². The van der Waals surface area contributed by atoms with Gasteiger partial charge in [-0.2, -0.15) is 5.26 Å². The van der Waals surface area contributed by atoms with Crippen LogP contribution in [0.25, 0.3) is 10.9 Å². The highest BCUT2D eigenvalue weighted by atomic mass is 35.5. The van der Waals surface area contributed by atoms with Gasteiger partial charge in [-0.3, -0.25) is 14.4 Å². The van der Waals surface area contributed by atoms with Crippen molar-refractivity contribution in [1.82, 2.24) is 4.57 Å². The third kappa shape index (κ3) is 7.86. The summed E-state index contributed by atoms with van der Waals surface area (Å²) < 4.78 is 25.2. The van der Waals surface area contributed by atoms with Crippen LogP contribution in [-0.4, -0.2) is 49.4 Å². The van der Waals surface area contributed by atoms with Crippen molar-refractivity contribution >= 4 is 40.1 Å². The minimum atomic E-state index is -0.732. The average molecular weight is 740 g/mol. The Balaban J connectivity index is 1.10. The minimum Gasteiger partial charge on any atom is -0.493 e. The molecule has 11 heteroatoms. The zero-order valence-electron chi connectivity index (χ0n) is 30.6. The molecule has 0 aliphatic heterocycles. The molecule has 1 amide bonds. The van der Waals surface area contributed by atoms with E-state index in [-0.39, 0.29) is 42.5 Å². The second-order valence-electron chi connectivity index (χ2n) is 13.8. The number of nitriles is 1. The van der Waals surface area contributed by atoms with Crippen LogP contribution in [0.4, 0.5) is 5.69 Å². The maximum atomic E-state index is 14.0. The number of carbonyl (C=O) groups is 2. The Hall–Kier alpha value is -5.01. The molecule has 2 aliphatic carbocycles. The Morgan fingerprint density at radius 2 is 1.72 bits per heavy atom. The normalized spacial score (nSPS) is 18.7. The Morgan fingerprint density at radius 3 is 2.40 bits per heavy atom. The first-order valence-electron chi connectivity index (χ1n) is 18.4. The van der Waals surface area contributed by atoms with Crippen molar-refractivity contribution in [2.45, 2.75) is 76.2 Å². The van der Waals surface area contributed by atoms with E-state index in [9.17, 15) is 19.6 Å². The second-order valence-corrected chi connectivity index (χ2v) is 14.2. The number of pyridine rings is 1. The van der Waals surface area contributed by atoms with Crippen LogP contribution < -0.4 is 24.7 Å². The lowest BCUT2D eigenvalue weighted by Crippen LogP contribution is -2.37. The number of amides is 1. The fraction of sp³-hybridized carbons (Fsp3) is 0.429. The number of ether oxygens (including phenoxy) is 4. The van der Waals surface area contributed by atoms with E-state index in [0.717, 1.165) is 31.2 Å². The molecular formula is C42H46ClN3O7. The number of anilines is 1. The zero-order valence-corrected chi connectivity index (χ0v) is 31.3. The van der Waals surface area contributed by atoms with Gasteiger partial charge in [-0.15, -0.1) is 0 Å². The number of halogens is 1. The van der Waals surface area contributed by atoms with Gasteiger partial charge in [0.25, 0.3) is 11.5 Å². The number of methoxy groups -OCH3 is 1. The molecule has 0 bridgehead atoms. The zero-order chi connectivity index (χ0) is 37.5. The maximum absolute atomic E-state index is 14.0. The molecule has 10 nitrogen and oxygen atoms in total. The fourth-order valence-corrected chi connectivity index (χ4v) is 7.88. The number of aromatic nitrogens is 1. The van der Waals surface area contributed by atoms with Crippen molar-refractivity contribution in [3.05, 3.63) is 93.2 Å². The van der Waals surface area contributed by atoms with E-state index in [0.29, 0.717) is 71.8 Å². The number of benzene rings is 3. The van der Waals surface area contributed by atoms with Gasteiger partial charge in [0.1, 0.15) is 11.3 Å². The largest absolute Gasteiger partial charge is 0.493 e. The summed E-state index contributed by atoms with van der Waals surface area (Å²) >= 11 is 6.66. The Labute approximate surface area is 315 Å². The first-order valence-corrected chi connectivity index (χ1v) is 18.8. The van der Waals surface area contributed by atoms with Crippen molar-refractivity contribution in [1.29, 1.82) is 5.26 Å². The number of esters is 1. The van der Waals surface area contributed by atoms with E-state index in [1.54, 1.807) is 32.4 Å². The van der Waals surface area contributed by atoms with Gasteiger partial charge in [-0.25, -0.2) is 0 Å². The quantitative estimate of drug-likeness (QED) is 0.0996. The van der Waals surface area contributed by atoms with Crippen molar-refractivity contribution in [3.63, 3.8) is 0 Å². The Morgan fingerprint density at radius 1 is 0.981 bits per heavy atom. The summed E-state index contributed by atoms with van der Waals surface area (Å²) in [6.45, 7) is 2.33. The lowest BCUT2D eigenvalue weighted by atomic mass is 9.67. The van der Waals surface area contributed by atoms with Gasteiger partial charge in [-0.05, 0) is 100 Å². The number of nitrogens with zero attached hydrogens (tertiary/aromatic N) is 3. The number of aryl methyl sites for hydroxylation is 1. The summed E-state index contributed by atoms with van der Waals surface area (Å²) in [6, 6.07) is 22.6. The van der Waals surface area contributed by atoms with Crippen molar-refractivity contribution < 1.29 is 28.5 Å². The van der Waals surface area contributed by atoms with Gasteiger partial charge < -0.3 is 28.4 Å². The molecule has 0 saturated heterocycles. The summed E-state index contributed by atoms with van der Waals surface area (Å²) in [5, 5.41) is 11.2. The molecule has 0 radical (unpaired) electrons. The van der Waals surface area contributed by atoms with Gasteiger partial charge in [0, 0.05) is 25.7 Å². The smallest absolute Gasteiger partial charge is 0.308 e. The van der Waals surface area contributed by atoms with Crippen LogP contribution >= 0.6 is 11.6 Å².